The molecule has 0 aliphatic rings. The number of carbonyl (C=O) groups excluding carboxylic acids is 1. The molecule has 0 radical (unpaired) electrons. The van der Waals surface area contributed by atoms with Crippen LogP contribution in [0.3, 0.4) is 0 Å². The number of benzene rings is 1. The number of rotatable bonds is 4. The Balaban J connectivity index is 2.05. The van der Waals surface area contributed by atoms with Gasteiger partial charge in [0.2, 0.25) is 5.91 Å². The highest BCUT2D eigenvalue weighted by Gasteiger charge is 2.13. The van der Waals surface area contributed by atoms with Crippen molar-refractivity contribution in [3.8, 4) is 11.4 Å². The molecule has 21 heavy (non-hydrogen) atoms. The number of amides is 1. The number of nitrogens with one attached hydrogen (secondary N) is 1. The summed E-state index contributed by atoms with van der Waals surface area (Å²) in [6.45, 7) is 5.73. The van der Waals surface area contributed by atoms with Crippen LogP contribution in [-0.4, -0.2) is 38.3 Å². The van der Waals surface area contributed by atoms with Crippen molar-refractivity contribution in [2.45, 2.75) is 26.4 Å². The predicted molar refractivity (Wildman–Crippen MR) is 78.6 cm³/mol. The molecule has 7 heteroatoms. The van der Waals surface area contributed by atoms with Crippen molar-refractivity contribution < 1.29 is 9.53 Å². The summed E-state index contributed by atoms with van der Waals surface area (Å²) in [5.41, 5.74) is 1.17. The van der Waals surface area contributed by atoms with Gasteiger partial charge in [-0.25, -0.2) is 4.68 Å². The van der Waals surface area contributed by atoms with E-state index in [4.69, 9.17) is 4.74 Å². The van der Waals surface area contributed by atoms with Crippen molar-refractivity contribution in [2.24, 2.45) is 7.05 Å². The lowest BCUT2D eigenvalue weighted by atomic mass is 10.2. The topological polar surface area (TPSA) is 81.9 Å². The van der Waals surface area contributed by atoms with Crippen LogP contribution in [0.1, 0.15) is 20.8 Å². The largest absolute Gasteiger partial charge is 0.366 e. The molecule has 1 N–H and O–H groups in total. The fourth-order valence-corrected chi connectivity index (χ4v) is 1.69. The van der Waals surface area contributed by atoms with Crippen molar-refractivity contribution in [1.29, 1.82) is 0 Å². The van der Waals surface area contributed by atoms with Gasteiger partial charge in [0.15, 0.2) is 5.82 Å². The Kier molecular flexibility index (Phi) is 4.32. The van der Waals surface area contributed by atoms with Crippen LogP contribution in [0.5, 0.6) is 0 Å². The predicted octanol–water partition coefficient (Wildman–Crippen LogP) is 1.63. The van der Waals surface area contributed by atoms with Gasteiger partial charge >= 0.3 is 0 Å². The van der Waals surface area contributed by atoms with E-state index in [2.05, 4.69) is 20.8 Å². The number of nitrogens with zero attached hydrogens (tertiary/aromatic N) is 4. The number of hydrogen-bond donors (Lipinski definition) is 1. The van der Waals surface area contributed by atoms with Crippen LogP contribution < -0.4 is 5.32 Å². The molecule has 0 bridgehead atoms. The highest BCUT2D eigenvalue weighted by atomic mass is 16.5. The Morgan fingerprint density at radius 2 is 2.14 bits per heavy atom. The second-order valence-electron chi connectivity index (χ2n) is 5.66. The maximum Gasteiger partial charge on any atom is 0.250 e. The lowest BCUT2D eigenvalue weighted by Gasteiger charge is -2.19. The average Bonchev–Trinajstić information content (AvgIpc) is 2.82. The minimum atomic E-state index is -0.344. The second-order valence-corrected chi connectivity index (χ2v) is 5.66. The minimum Gasteiger partial charge on any atom is -0.366 e. The van der Waals surface area contributed by atoms with Gasteiger partial charge in [-0.15, -0.1) is 5.10 Å². The van der Waals surface area contributed by atoms with Gasteiger partial charge in [-0.05, 0) is 43.3 Å². The number of carbonyl (C=O) groups is 1. The van der Waals surface area contributed by atoms with Gasteiger partial charge in [-0.1, -0.05) is 12.1 Å². The van der Waals surface area contributed by atoms with Crippen LogP contribution in [0.4, 0.5) is 5.69 Å². The van der Waals surface area contributed by atoms with Crippen LogP contribution in [0, 0.1) is 0 Å². The molecular formula is C14H19N5O2. The summed E-state index contributed by atoms with van der Waals surface area (Å²) in [7, 11) is 1.76. The molecule has 0 aliphatic carbocycles. The zero-order valence-electron chi connectivity index (χ0n) is 12.6. The molecular weight excluding hydrogens is 270 g/mol. The summed E-state index contributed by atoms with van der Waals surface area (Å²) in [6.07, 6.45) is 0. The molecule has 7 nitrogen and oxygen atoms in total. The fraction of sp³-hybridized carbons (Fsp3) is 0.429. The molecule has 0 atom stereocenters. The number of hydrogen-bond acceptors (Lipinski definition) is 5. The molecule has 1 aromatic carbocycles. The van der Waals surface area contributed by atoms with E-state index in [1.807, 2.05) is 45.0 Å². The quantitative estimate of drug-likeness (QED) is 0.925. The summed E-state index contributed by atoms with van der Waals surface area (Å²) in [5, 5.41) is 14.1. The molecule has 1 heterocycles. The fourth-order valence-electron chi connectivity index (χ4n) is 1.69. The molecule has 0 spiro atoms. The number of tetrazole rings is 1. The maximum atomic E-state index is 11.8. The van der Waals surface area contributed by atoms with E-state index in [-0.39, 0.29) is 18.1 Å². The first-order chi connectivity index (χ1) is 9.85. The highest BCUT2D eigenvalue weighted by molar-refractivity contribution is 5.92. The third-order valence-electron chi connectivity index (χ3n) is 2.66. The SMILES string of the molecule is Cn1nnnc1-c1cccc(NC(=O)COC(C)(C)C)c1. The summed E-state index contributed by atoms with van der Waals surface area (Å²) >= 11 is 0. The molecule has 0 fully saturated rings. The van der Waals surface area contributed by atoms with E-state index in [9.17, 15) is 4.79 Å². The Bertz CT molecular complexity index is 630. The van der Waals surface area contributed by atoms with Gasteiger partial charge < -0.3 is 10.1 Å². The minimum absolute atomic E-state index is 0.0131. The summed E-state index contributed by atoms with van der Waals surface area (Å²) in [6, 6.07) is 7.35. The summed E-state index contributed by atoms with van der Waals surface area (Å²) in [5.74, 6) is 0.440. The highest BCUT2D eigenvalue weighted by Crippen LogP contribution is 2.19. The van der Waals surface area contributed by atoms with Gasteiger partial charge in [0.1, 0.15) is 6.61 Å². The zero-order valence-corrected chi connectivity index (χ0v) is 12.6. The Hall–Kier alpha value is -2.28. The number of anilines is 1. The van der Waals surface area contributed by atoms with Crippen molar-refractivity contribution in [1.82, 2.24) is 20.2 Å². The first-order valence-electron chi connectivity index (χ1n) is 6.62. The Labute approximate surface area is 123 Å². The van der Waals surface area contributed by atoms with Gasteiger partial charge in [0.05, 0.1) is 5.60 Å². The molecule has 2 rings (SSSR count). The molecule has 1 aromatic heterocycles. The van der Waals surface area contributed by atoms with Crippen molar-refractivity contribution in [3.05, 3.63) is 24.3 Å². The average molecular weight is 289 g/mol. The van der Waals surface area contributed by atoms with Crippen LogP contribution in [0.2, 0.25) is 0 Å². The van der Waals surface area contributed by atoms with Gasteiger partial charge in [0, 0.05) is 18.3 Å². The Morgan fingerprint density at radius 3 is 2.76 bits per heavy atom. The van der Waals surface area contributed by atoms with Gasteiger partial charge in [0.25, 0.3) is 0 Å². The smallest absolute Gasteiger partial charge is 0.250 e. The van der Waals surface area contributed by atoms with E-state index >= 15 is 0 Å². The van der Waals surface area contributed by atoms with Crippen molar-refractivity contribution in [2.75, 3.05) is 11.9 Å². The standard InChI is InChI=1S/C14H19N5O2/c1-14(2,3)21-9-12(20)15-11-7-5-6-10(8-11)13-16-17-18-19(13)4/h5-8H,9H2,1-4H3,(H,15,20). The molecule has 0 saturated carbocycles. The van der Waals surface area contributed by atoms with Crippen LogP contribution in [-0.2, 0) is 16.6 Å². The number of aromatic nitrogens is 4. The maximum absolute atomic E-state index is 11.8. The molecule has 0 aliphatic heterocycles. The van der Waals surface area contributed by atoms with Crippen molar-refractivity contribution in [3.63, 3.8) is 0 Å². The first-order valence-corrected chi connectivity index (χ1v) is 6.62. The Morgan fingerprint density at radius 1 is 1.38 bits per heavy atom. The van der Waals surface area contributed by atoms with Crippen molar-refractivity contribution >= 4 is 11.6 Å². The molecule has 112 valence electrons. The van der Waals surface area contributed by atoms with Crippen LogP contribution in [0.25, 0.3) is 11.4 Å². The van der Waals surface area contributed by atoms with E-state index in [0.717, 1.165) is 5.56 Å². The second kappa shape index (κ2) is 6.01. The normalized spacial score (nSPS) is 11.4. The lowest BCUT2D eigenvalue weighted by molar-refractivity contribution is -0.125. The van der Waals surface area contributed by atoms with Crippen LogP contribution in [0.15, 0.2) is 24.3 Å². The van der Waals surface area contributed by atoms with E-state index in [1.54, 1.807) is 11.7 Å². The number of ether oxygens (including phenoxy) is 1. The van der Waals surface area contributed by atoms with Gasteiger partial charge in [-0.2, -0.15) is 0 Å². The summed E-state index contributed by atoms with van der Waals surface area (Å²) < 4.78 is 7.01. The third kappa shape index (κ3) is 4.35. The molecule has 1 amide bonds. The van der Waals surface area contributed by atoms with Crippen LogP contribution >= 0.6 is 0 Å². The monoisotopic (exact) mass is 289 g/mol. The number of aryl methyl sites for hydroxylation is 1. The van der Waals surface area contributed by atoms with E-state index in [1.165, 1.54) is 0 Å². The first kappa shape index (κ1) is 15.1. The third-order valence-corrected chi connectivity index (χ3v) is 2.66. The lowest BCUT2D eigenvalue weighted by Crippen LogP contribution is -2.27. The molecule has 0 saturated heterocycles. The van der Waals surface area contributed by atoms with E-state index in [0.29, 0.717) is 11.5 Å². The molecule has 2 aromatic rings. The zero-order chi connectivity index (χ0) is 15.5. The van der Waals surface area contributed by atoms with E-state index < -0.39 is 0 Å². The van der Waals surface area contributed by atoms with Gasteiger partial charge in [-0.3, -0.25) is 4.79 Å². The molecule has 0 unspecified atom stereocenters. The summed E-state index contributed by atoms with van der Waals surface area (Å²) in [4.78, 5) is 11.8.